The van der Waals surface area contributed by atoms with Crippen molar-refractivity contribution in [2.45, 2.75) is 128 Å². The van der Waals surface area contributed by atoms with Gasteiger partial charge in [-0.1, -0.05) is 69.2 Å². The minimum Gasteiger partial charge on any atom is -0.455 e. The average molecular weight is 632 g/mol. The molecule has 0 aromatic carbocycles. The summed E-state index contributed by atoms with van der Waals surface area (Å²) in [5.41, 5.74) is 5.65. The fraction of sp³-hybridized carbons (Fsp3) is 0.733. The molecule has 4 heterocycles. The third-order valence-corrected chi connectivity index (χ3v) is 19.6. The maximum atomic E-state index is 13.7. The smallest absolute Gasteiger partial charge is 0.335 e. The van der Waals surface area contributed by atoms with Crippen molar-refractivity contribution in [3.63, 3.8) is 0 Å². The molecule has 2 saturated heterocycles. The molecule has 2 N–H and O–H groups in total. The van der Waals surface area contributed by atoms with E-state index in [9.17, 15) is 10.1 Å². The minimum absolute atomic E-state index is 0.0355. The van der Waals surface area contributed by atoms with Gasteiger partial charge in [0.05, 0.1) is 18.2 Å². The predicted molar refractivity (Wildman–Crippen MR) is 167 cm³/mol. The fourth-order valence-corrected chi connectivity index (χ4v) is 18.0. The van der Waals surface area contributed by atoms with Crippen LogP contribution in [-0.4, -0.2) is 62.6 Å². The number of nitrogen functional groups attached to an aromatic ring is 1. The van der Waals surface area contributed by atoms with Gasteiger partial charge in [-0.05, 0) is 47.1 Å². The molecular weight excluding hydrogens is 583 g/mol. The van der Waals surface area contributed by atoms with Crippen molar-refractivity contribution in [3.05, 3.63) is 24.2 Å². The average Bonchev–Trinajstić information content (AvgIpc) is 3.49. The van der Waals surface area contributed by atoms with E-state index < -0.39 is 47.0 Å². The van der Waals surface area contributed by atoms with Crippen LogP contribution in [0.3, 0.4) is 0 Å². The first-order chi connectivity index (χ1) is 20.2. The summed E-state index contributed by atoms with van der Waals surface area (Å²) in [6.45, 7) is 21.1. The van der Waals surface area contributed by atoms with Crippen molar-refractivity contribution in [2.24, 2.45) is 5.92 Å². The van der Waals surface area contributed by atoms with E-state index in [0.717, 1.165) is 0 Å². The number of nitrogens with zero attached hydrogens (tertiary/aromatic N) is 4. The standard InChI is InChI=1S/C30H49N5O6Si2/c1-11-22(12-2)29(36)38-27-26-24(39-30(27,16-31)25-14-13-23-28(32)33-17-34-35(23)25)15-37-42(18(3)4,19(5)6)41-43(40-26,20(7)8)21(9)10/h13-14,17-22,24,26-27H,11-12,15H2,1-10H3,(H2,32,33,34)/t24-,26-,27-,30+/m1/s1. The van der Waals surface area contributed by atoms with Gasteiger partial charge >= 0.3 is 23.1 Å². The summed E-state index contributed by atoms with van der Waals surface area (Å²) in [5.74, 6) is -0.471. The number of nitrogens with two attached hydrogens (primary N) is 1. The first-order valence-corrected chi connectivity index (χ1v) is 19.6. The number of hydrogen-bond donors (Lipinski definition) is 1. The molecule has 4 atom stereocenters. The molecule has 238 valence electrons. The van der Waals surface area contributed by atoms with Gasteiger partial charge in [0, 0.05) is 0 Å². The lowest BCUT2D eigenvalue weighted by Crippen LogP contribution is -2.66. The number of aromatic nitrogens is 3. The maximum Gasteiger partial charge on any atom is 0.335 e. The monoisotopic (exact) mass is 631 g/mol. The lowest BCUT2D eigenvalue weighted by atomic mass is 9.92. The molecule has 2 aromatic heterocycles. The Kier molecular flexibility index (Phi) is 9.81. The second kappa shape index (κ2) is 12.6. The van der Waals surface area contributed by atoms with E-state index in [1.807, 2.05) is 13.8 Å². The van der Waals surface area contributed by atoms with E-state index in [-0.39, 0.29) is 40.5 Å². The zero-order valence-electron chi connectivity index (χ0n) is 27.3. The van der Waals surface area contributed by atoms with Gasteiger partial charge in [0.25, 0.3) is 0 Å². The van der Waals surface area contributed by atoms with Crippen molar-refractivity contribution in [2.75, 3.05) is 12.3 Å². The normalized spacial score (nSPS) is 27.1. The number of anilines is 1. The van der Waals surface area contributed by atoms with Crippen LogP contribution in [-0.2, 0) is 32.8 Å². The first kappa shape index (κ1) is 33.5. The Labute approximate surface area is 257 Å². The molecule has 0 saturated carbocycles. The van der Waals surface area contributed by atoms with E-state index in [1.54, 1.807) is 12.1 Å². The van der Waals surface area contributed by atoms with Crippen LogP contribution >= 0.6 is 0 Å². The number of carbonyl (C=O) groups excluding carboxylic acids is 1. The molecule has 2 aliphatic rings. The first-order valence-electron chi connectivity index (χ1n) is 15.6. The van der Waals surface area contributed by atoms with Gasteiger partial charge in [0.1, 0.15) is 30.1 Å². The lowest BCUT2D eigenvalue weighted by Gasteiger charge is -2.51. The Balaban J connectivity index is 1.96. The van der Waals surface area contributed by atoms with Gasteiger partial charge in [0.2, 0.25) is 5.60 Å². The Bertz CT molecular complexity index is 1320. The quantitative estimate of drug-likeness (QED) is 0.269. The predicted octanol–water partition coefficient (Wildman–Crippen LogP) is 5.73. The highest BCUT2D eigenvalue weighted by molar-refractivity contribution is 6.84. The number of carbonyl (C=O) groups is 1. The van der Waals surface area contributed by atoms with Crippen LogP contribution < -0.4 is 5.73 Å². The molecule has 0 spiro atoms. The molecule has 11 nitrogen and oxygen atoms in total. The SMILES string of the molecule is CCC(CC)C(=O)O[C@@H]1[C@@H]2O[Si](C(C)C)(C(C)C)O[Si](C(C)C)(C(C)C)OC[C@H]2O[C@@]1(C#N)c1ccc2c(N)ncnn12. The number of hydrogen-bond acceptors (Lipinski definition) is 10. The highest BCUT2D eigenvalue weighted by atomic mass is 28.5. The van der Waals surface area contributed by atoms with Crippen LogP contribution in [0.1, 0.15) is 87.8 Å². The summed E-state index contributed by atoms with van der Waals surface area (Å²) in [6, 6.07) is 5.87. The maximum absolute atomic E-state index is 13.7. The summed E-state index contributed by atoms with van der Waals surface area (Å²) in [6.07, 6.45) is -0.0981. The van der Waals surface area contributed by atoms with Gasteiger partial charge in [0.15, 0.2) is 11.9 Å². The van der Waals surface area contributed by atoms with Crippen LogP contribution in [0, 0.1) is 17.2 Å². The van der Waals surface area contributed by atoms with Crippen LogP contribution in [0.4, 0.5) is 5.82 Å². The summed E-state index contributed by atoms with van der Waals surface area (Å²) >= 11 is 0. The largest absolute Gasteiger partial charge is 0.455 e. The van der Waals surface area contributed by atoms with Crippen molar-refractivity contribution in [1.82, 2.24) is 14.6 Å². The summed E-state index contributed by atoms with van der Waals surface area (Å²) in [4.78, 5) is 17.7. The van der Waals surface area contributed by atoms with Crippen molar-refractivity contribution in [1.29, 1.82) is 5.26 Å². The molecule has 0 aliphatic carbocycles. The van der Waals surface area contributed by atoms with E-state index >= 15 is 0 Å². The van der Waals surface area contributed by atoms with E-state index in [1.165, 1.54) is 10.8 Å². The third-order valence-electron chi connectivity index (χ3n) is 9.32. The molecule has 2 aliphatic heterocycles. The van der Waals surface area contributed by atoms with Gasteiger partial charge in [-0.2, -0.15) is 10.4 Å². The van der Waals surface area contributed by atoms with Crippen LogP contribution in [0.15, 0.2) is 18.5 Å². The molecule has 0 unspecified atom stereocenters. The van der Waals surface area contributed by atoms with Crippen molar-refractivity contribution < 1.29 is 27.2 Å². The molecule has 4 rings (SSSR count). The number of esters is 1. The topological polar surface area (TPSA) is 143 Å². The minimum atomic E-state index is -3.12. The van der Waals surface area contributed by atoms with Gasteiger partial charge in [-0.15, -0.1) is 0 Å². The number of fused-ring (bicyclic) bond motifs is 2. The third kappa shape index (κ3) is 5.44. The highest BCUT2D eigenvalue weighted by Gasteiger charge is 2.67. The number of rotatable bonds is 9. The van der Waals surface area contributed by atoms with Gasteiger partial charge in [-0.25, -0.2) is 9.50 Å². The summed E-state index contributed by atoms with van der Waals surface area (Å²) < 4.78 is 36.2. The van der Waals surface area contributed by atoms with E-state index in [2.05, 4.69) is 71.5 Å². The Morgan fingerprint density at radius 1 is 1.09 bits per heavy atom. The van der Waals surface area contributed by atoms with Crippen molar-refractivity contribution in [3.8, 4) is 6.07 Å². The second-order valence-corrected chi connectivity index (χ2v) is 21.9. The Morgan fingerprint density at radius 3 is 2.23 bits per heavy atom. The summed E-state index contributed by atoms with van der Waals surface area (Å²) in [7, 11) is -6.00. The molecule has 2 aromatic rings. The van der Waals surface area contributed by atoms with Crippen LogP contribution in [0.25, 0.3) is 5.52 Å². The second-order valence-electron chi connectivity index (χ2n) is 13.1. The zero-order chi connectivity index (χ0) is 31.9. The van der Waals surface area contributed by atoms with Gasteiger partial charge < -0.3 is 28.2 Å². The molecule has 43 heavy (non-hydrogen) atoms. The van der Waals surface area contributed by atoms with E-state index in [0.29, 0.717) is 24.1 Å². The van der Waals surface area contributed by atoms with Crippen LogP contribution in [0.5, 0.6) is 0 Å². The Hall–Kier alpha value is -2.35. The number of nitriles is 1. The van der Waals surface area contributed by atoms with E-state index in [4.69, 9.17) is 28.2 Å². The molecule has 0 bridgehead atoms. The summed E-state index contributed by atoms with van der Waals surface area (Å²) in [5, 5.41) is 15.4. The molecular formula is C30H49N5O6Si2. The molecule has 0 radical (unpaired) electrons. The lowest BCUT2D eigenvalue weighted by molar-refractivity contribution is -0.165. The number of ether oxygens (including phenoxy) is 2. The molecule has 0 amide bonds. The fourth-order valence-electron chi connectivity index (χ4n) is 6.78. The zero-order valence-corrected chi connectivity index (χ0v) is 29.3. The molecule has 13 heteroatoms. The highest BCUT2D eigenvalue weighted by Crippen LogP contribution is 2.51. The van der Waals surface area contributed by atoms with Crippen LogP contribution in [0.2, 0.25) is 22.2 Å². The Morgan fingerprint density at radius 2 is 1.70 bits per heavy atom. The van der Waals surface area contributed by atoms with Gasteiger partial charge in [-0.3, -0.25) is 4.79 Å². The molecule has 2 fully saturated rings. The van der Waals surface area contributed by atoms with Crippen molar-refractivity contribution >= 4 is 34.4 Å².